The summed E-state index contributed by atoms with van der Waals surface area (Å²) in [5.41, 5.74) is 3.77. The van der Waals surface area contributed by atoms with Crippen molar-refractivity contribution in [3.05, 3.63) is 102 Å². The molecule has 216 valence electrons. The van der Waals surface area contributed by atoms with Gasteiger partial charge in [0, 0.05) is 30.9 Å². The molecule has 9 nitrogen and oxygen atoms in total. The van der Waals surface area contributed by atoms with Crippen molar-refractivity contribution in [3.63, 3.8) is 0 Å². The average molecular weight is 583 g/mol. The van der Waals surface area contributed by atoms with Crippen LogP contribution in [0.25, 0.3) is 33.8 Å². The van der Waals surface area contributed by atoms with Gasteiger partial charge in [-0.2, -0.15) is 18.3 Å². The van der Waals surface area contributed by atoms with Crippen LogP contribution in [-0.4, -0.2) is 39.3 Å². The number of hydrogen-bond acceptors (Lipinski definition) is 7. The summed E-state index contributed by atoms with van der Waals surface area (Å²) in [6.07, 6.45) is 3.52. The summed E-state index contributed by atoms with van der Waals surface area (Å²) in [6.45, 7) is 0.744. The van der Waals surface area contributed by atoms with Crippen LogP contribution in [-0.2, 0) is 26.4 Å². The van der Waals surface area contributed by atoms with Crippen molar-refractivity contribution >= 4 is 11.0 Å². The van der Waals surface area contributed by atoms with Crippen LogP contribution >= 0.6 is 0 Å². The van der Waals surface area contributed by atoms with Crippen molar-refractivity contribution in [3.8, 4) is 28.7 Å². The largest absolute Gasteiger partial charge is 0.472 e. The van der Waals surface area contributed by atoms with Gasteiger partial charge in [-0.25, -0.2) is 29.6 Å². The fourth-order valence-corrected chi connectivity index (χ4v) is 5.00. The quantitative estimate of drug-likeness (QED) is 0.211. The molecule has 4 heterocycles. The second kappa shape index (κ2) is 10.6. The molecular weight excluding hydrogens is 557 g/mol. The zero-order chi connectivity index (χ0) is 29.6. The van der Waals surface area contributed by atoms with Gasteiger partial charge in [0.1, 0.15) is 24.3 Å². The van der Waals surface area contributed by atoms with Gasteiger partial charge in [-0.3, -0.25) is 0 Å². The third-order valence-corrected chi connectivity index (χ3v) is 7.34. The van der Waals surface area contributed by atoms with Crippen LogP contribution < -0.4 is 4.74 Å². The van der Waals surface area contributed by atoms with Crippen LogP contribution in [0.3, 0.4) is 0 Å². The minimum absolute atomic E-state index is 0.239. The van der Waals surface area contributed by atoms with Gasteiger partial charge in [-0.05, 0) is 24.0 Å². The van der Waals surface area contributed by atoms with Gasteiger partial charge >= 0.3 is 6.18 Å². The minimum Gasteiger partial charge on any atom is -0.472 e. The zero-order valence-corrected chi connectivity index (χ0v) is 23.0. The first-order valence-corrected chi connectivity index (χ1v) is 13.7. The van der Waals surface area contributed by atoms with Crippen LogP contribution in [0.15, 0.2) is 79.5 Å². The van der Waals surface area contributed by atoms with Crippen molar-refractivity contribution in [1.82, 2.24) is 39.3 Å². The van der Waals surface area contributed by atoms with Crippen LogP contribution in [0.5, 0.6) is 5.88 Å². The summed E-state index contributed by atoms with van der Waals surface area (Å²) in [6, 6.07) is 17.1. The van der Waals surface area contributed by atoms with Gasteiger partial charge in [-0.15, -0.1) is 0 Å². The maximum absolute atomic E-state index is 13.1. The molecule has 1 aliphatic rings. The number of fused-ring (bicyclic) bond motifs is 1. The molecule has 12 heteroatoms. The van der Waals surface area contributed by atoms with Crippen LogP contribution in [0.2, 0.25) is 0 Å². The van der Waals surface area contributed by atoms with E-state index in [-0.39, 0.29) is 5.82 Å². The summed E-state index contributed by atoms with van der Waals surface area (Å²) in [5.74, 6) is 1.45. The van der Waals surface area contributed by atoms with Gasteiger partial charge in [0.15, 0.2) is 17.2 Å². The Balaban J connectivity index is 1.18. The predicted molar refractivity (Wildman–Crippen MR) is 152 cm³/mol. The van der Waals surface area contributed by atoms with Crippen molar-refractivity contribution in [1.29, 1.82) is 0 Å². The summed E-state index contributed by atoms with van der Waals surface area (Å²) in [5, 5.41) is 5.30. The third kappa shape index (κ3) is 5.43. The Morgan fingerprint density at radius 1 is 0.907 bits per heavy atom. The molecule has 1 saturated carbocycles. The average Bonchev–Trinajstić information content (AvgIpc) is 3.67. The van der Waals surface area contributed by atoms with Gasteiger partial charge < -0.3 is 9.30 Å². The summed E-state index contributed by atoms with van der Waals surface area (Å²) in [7, 11) is 1.54. The third-order valence-electron chi connectivity index (χ3n) is 7.34. The van der Waals surface area contributed by atoms with Gasteiger partial charge in [-0.1, -0.05) is 54.6 Å². The van der Waals surface area contributed by atoms with E-state index in [0.29, 0.717) is 47.5 Å². The number of aromatic nitrogens is 8. The first kappa shape index (κ1) is 26.7. The second-order valence-corrected chi connectivity index (χ2v) is 10.5. The van der Waals surface area contributed by atoms with Crippen molar-refractivity contribution in [2.24, 2.45) is 7.05 Å². The lowest BCUT2D eigenvalue weighted by molar-refractivity contribution is -0.140. The van der Waals surface area contributed by atoms with Crippen LogP contribution in [0, 0.1) is 0 Å². The topological polar surface area (TPSA) is 96.4 Å². The summed E-state index contributed by atoms with van der Waals surface area (Å²) in [4.78, 5) is 22.4. The van der Waals surface area contributed by atoms with Crippen molar-refractivity contribution in [2.75, 3.05) is 0 Å². The molecule has 4 aromatic heterocycles. The first-order valence-electron chi connectivity index (χ1n) is 13.7. The van der Waals surface area contributed by atoms with E-state index in [1.165, 1.54) is 10.9 Å². The lowest BCUT2D eigenvalue weighted by Crippen LogP contribution is -2.06. The van der Waals surface area contributed by atoms with Gasteiger partial charge in [0.25, 0.3) is 0 Å². The normalized spacial score (nSPS) is 13.5. The molecule has 43 heavy (non-hydrogen) atoms. The van der Waals surface area contributed by atoms with Crippen LogP contribution in [0.1, 0.15) is 41.3 Å². The highest BCUT2D eigenvalue weighted by Gasteiger charge is 2.34. The summed E-state index contributed by atoms with van der Waals surface area (Å²) < 4.78 is 48.7. The molecular formula is C31H25F3N8O. The molecule has 0 radical (unpaired) electrons. The Hall–Kier alpha value is -5.13. The second-order valence-electron chi connectivity index (χ2n) is 10.5. The highest BCUT2D eigenvalue weighted by atomic mass is 19.4. The highest BCUT2D eigenvalue weighted by molar-refractivity contribution is 5.77. The molecule has 0 atom stereocenters. The van der Waals surface area contributed by atoms with E-state index >= 15 is 0 Å². The Bertz CT molecular complexity index is 1910. The van der Waals surface area contributed by atoms with Crippen molar-refractivity contribution in [2.45, 2.75) is 38.1 Å². The Kier molecular flexibility index (Phi) is 6.60. The van der Waals surface area contributed by atoms with E-state index < -0.39 is 11.9 Å². The maximum atomic E-state index is 13.1. The number of alkyl halides is 3. The molecule has 7 rings (SSSR count). The molecule has 6 aromatic rings. The summed E-state index contributed by atoms with van der Waals surface area (Å²) >= 11 is 0. The monoisotopic (exact) mass is 582 g/mol. The highest BCUT2D eigenvalue weighted by Crippen LogP contribution is 2.45. The lowest BCUT2D eigenvalue weighted by atomic mass is 10.1. The number of imidazole rings is 1. The Morgan fingerprint density at radius 2 is 1.70 bits per heavy atom. The Labute approximate surface area is 244 Å². The van der Waals surface area contributed by atoms with Crippen molar-refractivity contribution < 1.29 is 17.9 Å². The Morgan fingerprint density at radius 3 is 2.42 bits per heavy atom. The number of halogens is 3. The molecule has 2 aromatic carbocycles. The smallest absolute Gasteiger partial charge is 0.434 e. The molecule has 0 aliphatic heterocycles. The van der Waals surface area contributed by atoms with Crippen LogP contribution in [0.4, 0.5) is 13.2 Å². The lowest BCUT2D eigenvalue weighted by Gasteiger charge is -2.13. The van der Waals surface area contributed by atoms with E-state index in [0.717, 1.165) is 41.2 Å². The van der Waals surface area contributed by atoms with E-state index in [1.807, 2.05) is 42.5 Å². The molecule has 0 spiro atoms. The van der Waals surface area contributed by atoms with Gasteiger partial charge in [0.2, 0.25) is 5.88 Å². The first-order chi connectivity index (χ1) is 20.8. The van der Waals surface area contributed by atoms with E-state index in [2.05, 4.69) is 25.0 Å². The number of benzene rings is 2. The van der Waals surface area contributed by atoms with E-state index in [9.17, 15) is 13.2 Å². The number of ether oxygens (including phenoxy) is 1. The molecule has 1 fully saturated rings. The molecule has 0 N–H and O–H groups in total. The molecule has 0 unspecified atom stereocenters. The minimum atomic E-state index is -4.50. The SMILES string of the molecule is Cn1cc(C(F)(F)F)nc1-c1ccc(Cn2ncc3cnc(-c4c(OCc5ccccc5)ncnc4C4CC4)nc32)cc1. The maximum Gasteiger partial charge on any atom is 0.434 e. The number of nitrogens with zero attached hydrogens (tertiary/aromatic N) is 8. The molecule has 0 bridgehead atoms. The fraction of sp³-hybridized carbons (Fsp3) is 0.226. The zero-order valence-electron chi connectivity index (χ0n) is 23.0. The number of hydrogen-bond donors (Lipinski definition) is 0. The predicted octanol–water partition coefficient (Wildman–Crippen LogP) is 6.21. The standard InChI is InChI=1S/C31H25F3N8O/c1-41-16-24(31(32,33)34)39-28(41)22-9-7-19(8-10-22)15-42-29-23(14-38-42)13-35-27(40-29)25-26(21-11-12-21)36-18-37-30(25)43-17-20-5-3-2-4-6-20/h2-10,13-14,16,18,21H,11-12,15,17H2,1H3. The molecule has 1 aliphatic carbocycles. The van der Waals surface area contributed by atoms with E-state index in [1.54, 1.807) is 36.3 Å². The molecule has 0 saturated heterocycles. The molecule has 0 amide bonds. The van der Waals surface area contributed by atoms with Gasteiger partial charge in [0.05, 0.1) is 23.8 Å². The van der Waals surface area contributed by atoms with E-state index in [4.69, 9.17) is 9.72 Å². The number of aryl methyl sites for hydroxylation is 1. The fourth-order valence-electron chi connectivity index (χ4n) is 5.00. The number of rotatable bonds is 8.